The standard InChI is InChI=1S/C35H41ClN8O3/c1-25-23-39-34(40-28-13-9-14-29(22-28)41-35(47)43-18-6-7-19-43)42-31(25)37-16-4-2-3-5-17-38-32(45)30-15-10-20-44(33(30)46)24-26-11-8-12-27(36)21-26/h8-15,20-23H,2-7,16-19,24H2,1H3,(H,38,45)(H,41,47)(H2,37,39,40,42). The van der Waals surface area contributed by atoms with E-state index in [2.05, 4.69) is 31.2 Å². The largest absolute Gasteiger partial charge is 0.370 e. The van der Waals surface area contributed by atoms with E-state index in [9.17, 15) is 14.4 Å². The fourth-order valence-electron chi connectivity index (χ4n) is 5.38. The van der Waals surface area contributed by atoms with Gasteiger partial charge in [-0.05, 0) is 80.6 Å². The summed E-state index contributed by atoms with van der Waals surface area (Å²) >= 11 is 6.06. The number of nitrogens with one attached hydrogen (secondary N) is 4. The molecule has 246 valence electrons. The van der Waals surface area contributed by atoms with Crippen molar-refractivity contribution in [1.82, 2.24) is 24.8 Å². The maximum atomic E-state index is 12.9. The summed E-state index contributed by atoms with van der Waals surface area (Å²) in [7, 11) is 0. The molecule has 0 unspecified atom stereocenters. The van der Waals surface area contributed by atoms with Crippen LogP contribution in [0.25, 0.3) is 0 Å². The number of nitrogens with zero attached hydrogens (tertiary/aromatic N) is 4. The lowest BCUT2D eigenvalue weighted by molar-refractivity contribution is 0.0950. The predicted molar refractivity (Wildman–Crippen MR) is 187 cm³/mol. The summed E-state index contributed by atoms with van der Waals surface area (Å²) in [6, 6.07) is 18.0. The van der Waals surface area contributed by atoms with E-state index in [0.717, 1.165) is 80.8 Å². The molecular weight excluding hydrogens is 616 g/mol. The van der Waals surface area contributed by atoms with Crippen LogP contribution in [0, 0.1) is 6.92 Å². The number of likely N-dealkylation sites (tertiary alicyclic amines) is 1. The third-order valence-corrected chi connectivity index (χ3v) is 8.16. The number of aromatic nitrogens is 3. The van der Waals surface area contributed by atoms with Gasteiger partial charge in [0.2, 0.25) is 5.95 Å². The van der Waals surface area contributed by atoms with Gasteiger partial charge in [0, 0.05) is 60.5 Å². The number of urea groups is 1. The second-order valence-corrected chi connectivity index (χ2v) is 12.1. The Labute approximate surface area is 279 Å². The molecule has 0 radical (unpaired) electrons. The Kier molecular flexibility index (Phi) is 11.8. The summed E-state index contributed by atoms with van der Waals surface area (Å²) in [6.45, 7) is 5.13. The Bertz CT molecular complexity index is 1740. The third-order valence-electron chi connectivity index (χ3n) is 7.92. The molecule has 2 aromatic carbocycles. The van der Waals surface area contributed by atoms with Crippen LogP contribution in [-0.4, -0.2) is 57.6 Å². The summed E-state index contributed by atoms with van der Waals surface area (Å²) in [5.74, 6) is 0.864. The van der Waals surface area contributed by atoms with Crippen molar-refractivity contribution in [3.63, 3.8) is 0 Å². The summed E-state index contributed by atoms with van der Waals surface area (Å²) in [4.78, 5) is 48.9. The molecule has 0 bridgehead atoms. The van der Waals surface area contributed by atoms with Crippen LogP contribution >= 0.6 is 11.6 Å². The Balaban J connectivity index is 1.01. The van der Waals surface area contributed by atoms with E-state index in [1.54, 1.807) is 36.7 Å². The number of rotatable bonds is 14. The van der Waals surface area contributed by atoms with Crippen LogP contribution in [0.1, 0.15) is 60.0 Å². The third kappa shape index (κ3) is 9.79. The minimum Gasteiger partial charge on any atom is -0.370 e. The van der Waals surface area contributed by atoms with Crippen molar-refractivity contribution < 1.29 is 9.59 Å². The van der Waals surface area contributed by atoms with Gasteiger partial charge in [-0.1, -0.05) is 42.6 Å². The number of unbranched alkanes of at least 4 members (excludes halogenated alkanes) is 3. The SMILES string of the molecule is Cc1cnc(Nc2cccc(NC(=O)N3CCCC3)c2)nc1NCCCCCCNC(=O)c1cccn(Cc2cccc(Cl)c2)c1=O. The van der Waals surface area contributed by atoms with Crippen molar-refractivity contribution in [3.8, 4) is 0 Å². The Morgan fingerprint density at radius 2 is 1.68 bits per heavy atom. The number of hydrogen-bond donors (Lipinski definition) is 4. The van der Waals surface area contributed by atoms with E-state index in [1.165, 1.54) is 4.57 Å². The fourth-order valence-corrected chi connectivity index (χ4v) is 5.59. The van der Waals surface area contributed by atoms with Crippen molar-refractivity contribution >= 4 is 46.7 Å². The molecule has 3 heterocycles. The first kappa shape index (κ1) is 33.5. The van der Waals surface area contributed by atoms with E-state index < -0.39 is 0 Å². The number of carbonyl (C=O) groups excluding carboxylic acids is 2. The molecule has 4 aromatic rings. The predicted octanol–water partition coefficient (Wildman–Crippen LogP) is 6.42. The van der Waals surface area contributed by atoms with Crippen molar-refractivity contribution in [2.24, 2.45) is 0 Å². The number of anilines is 4. The van der Waals surface area contributed by atoms with E-state index in [1.807, 2.05) is 48.2 Å². The molecule has 1 aliphatic rings. The molecule has 4 N–H and O–H groups in total. The minimum atomic E-state index is -0.362. The molecule has 0 atom stereocenters. The number of pyridine rings is 1. The highest BCUT2D eigenvalue weighted by atomic mass is 35.5. The van der Waals surface area contributed by atoms with Gasteiger partial charge < -0.3 is 30.7 Å². The molecule has 0 aliphatic carbocycles. The smallest absolute Gasteiger partial charge is 0.321 e. The maximum absolute atomic E-state index is 12.9. The number of amides is 3. The van der Waals surface area contributed by atoms with Gasteiger partial charge >= 0.3 is 6.03 Å². The first-order chi connectivity index (χ1) is 22.9. The Hall–Kier alpha value is -4.90. The lowest BCUT2D eigenvalue weighted by Crippen LogP contribution is -2.33. The highest BCUT2D eigenvalue weighted by molar-refractivity contribution is 6.30. The van der Waals surface area contributed by atoms with Crippen LogP contribution in [0.5, 0.6) is 0 Å². The number of aryl methyl sites for hydroxylation is 1. The van der Waals surface area contributed by atoms with E-state index >= 15 is 0 Å². The molecule has 5 rings (SSSR count). The van der Waals surface area contributed by atoms with E-state index in [-0.39, 0.29) is 23.1 Å². The summed E-state index contributed by atoms with van der Waals surface area (Å²) < 4.78 is 1.52. The highest BCUT2D eigenvalue weighted by Crippen LogP contribution is 2.21. The second kappa shape index (κ2) is 16.6. The summed E-state index contributed by atoms with van der Waals surface area (Å²) in [5.41, 5.74) is 3.12. The maximum Gasteiger partial charge on any atom is 0.321 e. The van der Waals surface area contributed by atoms with Crippen molar-refractivity contribution in [1.29, 1.82) is 0 Å². The molecule has 1 aliphatic heterocycles. The second-order valence-electron chi connectivity index (χ2n) is 11.6. The van der Waals surface area contributed by atoms with E-state index in [4.69, 9.17) is 11.6 Å². The van der Waals surface area contributed by atoms with E-state index in [0.29, 0.717) is 29.7 Å². The Morgan fingerprint density at radius 3 is 2.49 bits per heavy atom. The highest BCUT2D eigenvalue weighted by Gasteiger charge is 2.18. The number of hydrogen-bond acceptors (Lipinski definition) is 7. The quantitative estimate of drug-likeness (QED) is 0.115. The molecule has 11 nitrogen and oxygen atoms in total. The molecule has 0 spiro atoms. The van der Waals surface area contributed by atoms with Crippen LogP contribution in [-0.2, 0) is 6.54 Å². The lowest BCUT2D eigenvalue weighted by Gasteiger charge is -2.16. The zero-order valence-electron chi connectivity index (χ0n) is 26.6. The van der Waals surface area contributed by atoms with Gasteiger partial charge in [0.05, 0.1) is 6.54 Å². The Morgan fingerprint density at radius 1 is 0.915 bits per heavy atom. The summed E-state index contributed by atoms with van der Waals surface area (Å²) in [6.07, 6.45) is 9.21. The van der Waals surface area contributed by atoms with Crippen LogP contribution < -0.4 is 26.8 Å². The molecule has 12 heteroatoms. The number of carbonyl (C=O) groups is 2. The van der Waals surface area contributed by atoms with Gasteiger partial charge in [-0.15, -0.1) is 0 Å². The molecule has 1 saturated heterocycles. The molecule has 2 aromatic heterocycles. The van der Waals surface area contributed by atoms with Crippen LogP contribution in [0.4, 0.5) is 27.9 Å². The van der Waals surface area contributed by atoms with Crippen molar-refractivity contribution in [3.05, 3.63) is 105 Å². The van der Waals surface area contributed by atoms with Crippen LogP contribution in [0.3, 0.4) is 0 Å². The van der Waals surface area contributed by atoms with Gasteiger partial charge in [-0.3, -0.25) is 9.59 Å². The van der Waals surface area contributed by atoms with Crippen LogP contribution in [0.15, 0.2) is 77.9 Å². The lowest BCUT2D eigenvalue weighted by atomic mass is 10.2. The average Bonchev–Trinajstić information content (AvgIpc) is 3.60. The van der Waals surface area contributed by atoms with Gasteiger partial charge in [0.15, 0.2) is 0 Å². The number of halogens is 1. The van der Waals surface area contributed by atoms with Gasteiger partial charge in [0.1, 0.15) is 11.4 Å². The molecule has 1 fully saturated rings. The topological polar surface area (TPSA) is 133 Å². The molecule has 47 heavy (non-hydrogen) atoms. The molecular formula is C35H41ClN8O3. The van der Waals surface area contributed by atoms with Gasteiger partial charge in [-0.25, -0.2) is 9.78 Å². The van der Waals surface area contributed by atoms with Gasteiger partial charge in [0.25, 0.3) is 11.5 Å². The van der Waals surface area contributed by atoms with Crippen molar-refractivity contribution in [2.45, 2.75) is 52.0 Å². The van der Waals surface area contributed by atoms with Crippen LogP contribution in [0.2, 0.25) is 5.02 Å². The fraction of sp³-hybridized carbons (Fsp3) is 0.343. The van der Waals surface area contributed by atoms with Crippen molar-refractivity contribution in [2.75, 3.05) is 42.1 Å². The normalized spacial score (nSPS) is 12.5. The average molecular weight is 657 g/mol. The zero-order valence-corrected chi connectivity index (χ0v) is 27.4. The number of benzene rings is 2. The monoisotopic (exact) mass is 656 g/mol. The minimum absolute atomic E-state index is 0.0772. The first-order valence-electron chi connectivity index (χ1n) is 16.1. The van der Waals surface area contributed by atoms with Gasteiger partial charge in [-0.2, -0.15) is 4.98 Å². The first-order valence-corrected chi connectivity index (χ1v) is 16.5. The molecule has 3 amide bonds. The summed E-state index contributed by atoms with van der Waals surface area (Å²) in [5, 5.41) is 13.1. The molecule has 0 saturated carbocycles. The zero-order chi connectivity index (χ0) is 33.0.